The van der Waals surface area contributed by atoms with Crippen LogP contribution in [-0.2, 0) is 21.6 Å². The van der Waals surface area contributed by atoms with Gasteiger partial charge in [-0.3, -0.25) is 14.6 Å². The minimum absolute atomic E-state index is 0.00419. The van der Waals surface area contributed by atoms with Gasteiger partial charge in [0.25, 0.3) is 5.91 Å². The van der Waals surface area contributed by atoms with Gasteiger partial charge in [-0.2, -0.15) is 8.75 Å². The number of nitrogens with zero attached hydrogens (tertiary/aromatic N) is 4. The van der Waals surface area contributed by atoms with E-state index >= 15 is 0 Å². The Hall–Kier alpha value is -3.17. The molecule has 1 N–H and O–H groups in total. The highest BCUT2D eigenvalue weighted by Crippen LogP contribution is 2.52. The van der Waals surface area contributed by atoms with Gasteiger partial charge in [0.15, 0.2) is 5.69 Å². The molecule has 5 rings (SSSR count). The van der Waals surface area contributed by atoms with Gasteiger partial charge in [0, 0.05) is 37.3 Å². The average molecular weight is 478 g/mol. The lowest BCUT2D eigenvalue weighted by atomic mass is 9.71. The fraction of sp³-hybridized carbons (Fsp3) is 0.400. The molecule has 1 fully saturated rings. The third kappa shape index (κ3) is 4.10. The molecule has 1 aromatic carbocycles. The van der Waals surface area contributed by atoms with E-state index in [0.29, 0.717) is 31.8 Å². The number of likely N-dealkylation sites (tertiary alicyclic amines) is 1. The number of fused-ring (bicyclic) bond motifs is 2. The van der Waals surface area contributed by atoms with Crippen molar-refractivity contribution < 1.29 is 14.3 Å². The molecule has 2 aromatic heterocycles. The monoisotopic (exact) mass is 477 g/mol. The lowest BCUT2D eigenvalue weighted by molar-refractivity contribution is -0.123. The van der Waals surface area contributed by atoms with Crippen molar-refractivity contribution in [1.29, 1.82) is 0 Å². The van der Waals surface area contributed by atoms with Crippen molar-refractivity contribution in [2.75, 3.05) is 13.1 Å². The van der Waals surface area contributed by atoms with E-state index in [2.05, 4.69) is 31.2 Å². The van der Waals surface area contributed by atoms with E-state index in [4.69, 9.17) is 4.74 Å². The van der Waals surface area contributed by atoms with E-state index in [1.165, 1.54) is 11.8 Å². The first kappa shape index (κ1) is 22.6. The van der Waals surface area contributed by atoms with E-state index in [0.717, 1.165) is 35.7 Å². The molecule has 1 saturated heterocycles. The van der Waals surface area contributed by atoms with Crippen molar-refractivity contribution >= 4 is 23.5 Å². The predicted molar refractivity (Wildman–Crippen MR) is 127 cm³/mol. The van der Waals surface area contributed by atoms with Gasteiger partial charge < -0.3 is 15.0 Å². The number of rotatable bonds is 6. The molecule has 34 heavy (non-hydrogen) atoms. The number of hydrogen-bond donors (Lipinski definition) is 1. The molecule has 8 nitrogen and oxygen atoms in total. The number of piperidine rings is 1. The minimum Gasteiger partial charge on any atom is -0.370 e. The fourth-order valence-corrected chi connectivity index (χ4v) is 5.70. The molecule has 3 aromatic rings. The third-order valence-corrected chi connectivity index (χ3v) is 7.47. The second-order valence-corrected chi connectivity index (χ2v) is 9.38. The SMILES string of the molecule is CCC(=O)N[C@@H]1c2ccccc2C2(CCN(C(=O)c3cnsn3)CC2)[C@H]1OCc1cccnc1. The van der Waals surface area contributed by atoms with Crippen molar-refractivity contribution in [1.82, 2.24) is 23.9 Å². The maximum absolute atomic E-state index is 12.9. The quantitative estimate of drug-likeness (QED) is 0.585. The highest BCUT2D eigenvalue weighted by Gasteiger charge is 2.54. The van der Waals surface area contributed by atoms with Crippen LogP contribution in [0.3, 0.4) is 0 Å². The lowest BCUT2D eigenvalue weighted by Gasteiger charge is -2.44. The number of carbonyl (C=O) groups is 2. The van der Waals surface area contributed by atoms with E-state index in [9.17, 15) is 9.59 Å². The van der Waals surface area contributed by atoms with Gasteiger partial charge in [-0.15, -0.1) is 0 Å². The van der Waals surface area contributed by atoms with Crippen LogP contribution in [0.4, 0.5) is 0 Å². The van der Waals surface area contributed by atoms with Crippen LogP contribution in [0.5, 0.6) is 0 Å². The van der Waals surface area contributed by atoms with E-state index < -0.39 is 0 Å². The Morgan fingerprint density at radius 3 is 2.71 bits per heavy atom. The van der Waals surface area contributed by atoms with Crippen LogP contribution in [0.15, 0.2) is 55.0 Å². The molecular weight excluding hydrogens is 450 g/mol. The molecule has 0 unspecified atom stereocenters. The van der Waals surface area contributed by atoms with E-state index in [1.807, 2.05) is 36.1 Å². The number of nitrogens with one attached hydrogen (secondary N) is 1. The molecule has 3 heterocycles. The summed E-state index contributed by atoms with van der Waals surface area (Å²) >= 11 is 1.04. The molecule has 0 saturated carbocycles. The standard InChI is InChI=1S/C25H27N5O3S/c1-2-21(31)28-22-18-7-3-4-8-19(18)25(23(22)33-16-17-6-5-11-26-14-17)9-12-30(13-10-25)24(32)20-15-27-34-29-20/h3-8,11,14-15,22-23H,2,9-10,12-13,16H2,1H3,(H,28,31)/t22-,23+/m1/s1. The smallest absolute Gasteiger partial charge is 0.275 e. The fourth-order valence-electron chi connectivity index (χ4n) is 5.29. The zero-order chi connectivity index (χ0) is 23.5. The maximum Gasteiger partial charge on any atom is 0.275 e. The largest absolute Gasteiger partial charge is 0.370 e. The summed E-state index contributed by atoms with van der Waals surface area (Å²) < 4.78 is 14.7. The molecule has 1 spiro atoms. The van der Waals surface area contributed by atoms with Crippen LogP contribution in [0, 0.1) is 0 Å². The number of carbonyl (C=O) groups excluding carboxylic acids is 2. The molecule has 176 valence electrons. The van der Waals surface area contributed by atoms with Crippen molar-refractivity contribution in [2.45, 2.75) is 50.4 Å². The first-order valence-electron chi connectivity index (χ1n) is 11.6. The maximum atomic E-state index is 12.9. The number of ether oxygens (including phenoxy) is 1. The highest BCUT2D eigenvalue weighted by molar-refractivity contribution is 6.99. The Balaban J connectivity index is 1.45. The molecule has 9 heteroatoms. The molecule has 2 atom stereocenters. The summed E-state index contributed by atoms with van der Waals surface area (Å²) in [5, 5.41) is 3.22. The molecule has 1 aliphatic carbocycles. The zero-order valence-electron chi connectivity index (χ0n) is 19.0. The summed E-state index contributed by atoms with van der Waals surface area (Å²) in [6, 6.07) is 11.9. The summed E-state index contributed by atoms with van der Waals surface area (Å²) in [5.74, 6) is -0.0889. The summed E-state index contributed by atoms with van der Waals surface area (Å²) in [6.45, 7) is 3.44. The summed E-state index contributed by atoms with van der Waals surface area (Å²) in [6.07, 6.45) is 6.71. The van der Waals surface area contributed by atoms with Crippen molar-refractivity contribution in [2.24, 2.45) is 0 Å². The Morgan fingerprint density at radius 1 is 1.18 bits per heavy atom. The normalized spacial score (nSPS) is 20.8. The summed E-state index contributed by atoms with van der Waals surface area (Å²) in [7, 11) is 0. The molecule has 2 amide bonds. The van der Waals surface area contributed by atoms with Crippen LogP contribution >= 0.6 is 11.7 Å². The Kier molecular flexibility index (Phi) is 6.38. The first-order valence-corrected chi connectivity index (χ1v) is 12.3. The third-order valence-electron chi connectivity index (χ3n) is 6.99. The van der Waals surface area contributed by atoms with Crippen molar-refractivity contribution in [3.63, 3.8) is 0 Å². The van der Waals surface area contributed by atoms with Crippen LogP contribution in [0.1, 0.15) is 59.4 Å². The summed E-state index contributed by atoms with van der Waals surface area (Å²) in [5.41, 5.74) is 3.38. The molecular formula is C25H27N5O3S. The molecule has 0 bridgehead atoms. The molecule has 2 aliphatic rings. The number of pyridine rings is 1. The Morgan fingerprint density at radius 2 is 2.00 bits per heavy atom. The summed E-state index contributed by atoms with van der Waals surface area (Å²) in [4.78, 5) is 31.4. The lowest BCUT2D eigenvalue weighted by Crippen LogP contribution is -2.52. The van der Waals surface area contributed by atoms with Gasteiger partial charge in [0.2, 0.25) is 5.91 Å². The second-order valence-electron chi connectivity index (χ2n) is 8.82. The van der Waals surface area contributed by atoms with Crippen LogP contribution in [0.25, 0.3) is 0 Å². The molecule has 0 radical (unpaired) electrons. The second kappa shape index (κ2) is 9.60. The van der Waals surface area contributed by atoms with Gasteiger partial charge >= 0.3 is 0 Å². The number of amides is 2. The topological polar surface area (TPSA) is 97.3 Å². The highest BCUT2D eigenvalue weighted by atomic mass is 32.1. The van der Waals surface area contributed by atoms with Crippen LogP contribution in [0.2, 0.25) is 0 Å². The van der Waals surface area contributed by atoms with Crippen LogP contribution in [-0.4, -0.2) is 49.6 Å². The first-order chi connectivity index (χ1) is 16.6. The van der Waals surface area contributed by atoms with Gasteiger partial charge in [-0.05, 0) is 35.6 Å². The van der Waals surface area contributed by atoms with Gasteiger partial charge in [-0.1, -0.05) is 37.3 Å². The predicted octanol–water partition coefficient (Wildman–Crippen LogP) is 3.27. The van der Waals surface area contributed by atoms with Gasteiger partial charge in [-0.25, -0.2) is 0 Å². The van der Waals surface area contributed by atoms with E-state index in [-0.39, 0.29) is 29.4 Å². The van der Waals surface area contributed by atoms with Crippen molar-refractivity contribution in [3.05, 3.63) is 77.4 Å². The number of benzene rings is 1. The zero-order valence-corrected chi connectivity index (χ0v) is 19.8. The molecule has 1 aliphatic heterocycles. The number of aromatic nitrogens is 3. The van der Waals surface area contributed by atoms with Gasteiger partial charge in [0.05, 0.1) is 36.7 Å². The average Bonchev–Trinajstić information content (AvgIpc) is 3.50. The Bertz CT molecular complexity index is 1150. The Labute approximate surface area is 202 Å². The minimum atomic E-state index is -0.304. The van der Waals surface area contributed by atoms with Crippen molar-refractivity contribution in [3.8, 4) is 0 Å². The number of hydrogen-bond acceptors (Lipinski definition) is 7. The van der Waals surface area contributed by atoms with Gasteiger partial charge in [0.1, 0.15) is 0 Å². The van der Waals surface area contributed by atoms with E-state index in [1.54, 1.807) is 12.4 Å². The van der Waals surface area contributed by atoms with Crippen LogP contribution < -0.4 is 5.32 Å².